The lowest BCUT2D eigenvalue weighted by atomic mass is 10.2. The number of nitrogens with zero attached hydrogens (tertiary/aromatic N) is 2. The van der Waals surface area contributed by atoms with Gasteiger partial charge in [-0.05, 0) is 24.6 Å². The summed E-state index contributed by atoms with van der Waals surface area (Å²) in [4.78, 5) is 4.31. The molecule has 1 aromatic heterocycles. The number of aromatic nitrogens is 2. The van der Waals surface area contributed by atoms with Gasteiger partial charge in [-0.2, -0.15) is 4.98 Å². The van der Waals surface area contributed by atoms with E-state index in [1.165, 1.54) is 0 Å². The van der Waals surface area contributed by atoms with Crippen molar-refractivity contribution >= 4 is 17.3 Å². The van der Waals surface area contributed by atoms with E-state index >= 15 is 0 Å². The first-order valence-corrected chi connectivity index (χ1v) is 6.46. The minimum atomic E-state index is 0.513. The molecule has 4 nitrogen and oxygen atoms in total. The van der Waals surface area contributed by atoms with E-state index in [4.69, 9.17) is 16.1 Å². The molecule has 18 heavy (non-hydrogen) atoms. The number of hydrogen-bond donors (Lipinski definition) is 1. The standard InChI is InChI=1S/C13H16ClN3O/c1-2-3-7-12-16-13(18-17-12)9-15-11-6-4-5-10(14)8-11/h4-6,8,15H,2-3,7,9H2,1H3. The van der Waals surface area contributed by atoms with E-state index in [9.17, 15) is 0 Å². The number of aryl methyl sites for hydroxylation is 1. The van der Waals surface area contributed by atoms with Gasteiger partial charge >= 0.3 is 0 Å². The maximum atomic E-state index is 5.90. The molecule has 0 bridgehead atoms. The lowest BCUT2D eigenvalue weighted by molar-refractivity contribution is 0.377. The van der Waals surface area contributed by atoms with Crippen LogP contribution < -0.4 is 5.32 Å². The third-order valence-corrected chi connectivity index (χ3v) is 2.77. The summed E-state index contributed by atoms with van der Waals surface area (Å²) >= 11 is 5.90. The van der Waals surface area contributed by atoms with Gasteiger partial charge in [-0.3, -0.25) is 0 Å². The van der Waals surface area contributed by atoms with Crippen LogP contribution in [0.5, 0.6) is 0 Å². The summed E-state index contributed by atoms with van der Waals surface area (Å²) in [5.74, 6) is 1.38. The molecule has 0 aliphatic rings. The number of benzene rings is 1. The molecule has 1 heterocycles. The molecule has 0 saturated carbocycles. The van der Waals surface area contributed by atoms with Gasteiger partial charge in [0.05, 0.1) is 6.54 Å². The molecule has 0 amide bonds. The predicted molar refractivity (Wildman–Crippen MR) is 71.7 cm³/mol. The van der Waals surface area contributed by atoms with Crippen LogP contribution in [0.2, 0.25) is 5.02 Å². The smallest absolute Gasteiger partial charge is 0.245 e. The van der Waals surface area contributed by atoms with Crippen molar-refractivity contribution in [1.82, 2.24) is 10.1 Å². The minimum absolute atomic E-state index is 0.513. The molecule has 0 unspecified atom stereocenters. The van der Waals surface area contributed by atoms with Gasteiger partial charge in [0.25, 0.3) is 0 Å². The molecule has 2 aromatic rings. The average Bonchev–Trinajstić information content (AvgIpc) is 2.82. The first kappa shape index (κ1) is 12.9. The molecule has 0 saturated heterocycles. The van der Waals surface area contributed by atoms with Crippen LogP contribution in [0.15, 0.2) is 28.8 Å². The fourth-order valence-corrected chi connectivity index (χ4v) is 1.76. The summed E-state index contributed by atoms with van der Waals surface area (Å²) in [5.41, 5.74) is 0.941. The highest BCUT2D eigenvalue weighted by Crippen LogP contribution is 2.15. The van der Waals surface area contributed by atoms with Crippen LogP contribution in [0.1, 0.15) is 31.5 Å². The summed E-state index contributed by atoms with van der Waals surface area (Å²) in [6.07, 6.45) is 3.09. The maximum absolute atomic E-state index is 5.90. The maximum Gasteiger partial charge on any atom is 0.245 e. The topological polar surface area (TPSA) is 51.0 Å². The van der Waals surface area contributed by atoms with Crippen LogP contribution in [0.4, 0.5) is 5.69 Å². The number of anilines is 1. The molecule has 0 radical (unpaired) electrons. The Morgan fingerprint density at radius 3 is 3.06 bits per heavy atom. The monoisotopic (exact) mass is 265 g/mol. The quantitative estimate of drug-likeness (QED) is 0.866. The van der Waals surface area contributed by atoms with E-state index in [-0.39, 0.29) is 0 Å². The summed E-state index contributed by atoms with van der Waals surface area (Å²) in [7, 11) is 0. The Morgan fingerprint density at radius 2 is 2.28 bits per heavy atom. The molecule has 0 spiro atoms. The second kappa shape index (κ2) is 6.40. The van der Waals surface area contributed by atoms with Gasteiger partial charge in [-0.15, -0.1) is 0 Å². The number of unbranched alkanes of at least 4 members (excludes halogenated alkanes) is 1. The third kappa shape index (κ3) is 3.74. The van der Waals surface area contributed by atoms with Crippen molar-refractivity contribution < 1.29 is 4.52 Å². The number of nitrogens with one attached hydrogen (secondary N) is 1. The van der Waals surface area contributed by atoms with Crippen LogP contribution in [0.3, 0.4) is 0 Å². The molecule has 1 N–H and O–H groups in total. The SMILES string of the molecule is CCCCc1noc(CNc2cccc(Cl)c2)n1. The lowest BCUT2D eigenvalue weighted by Gasteiger charge is -2.02. The predicted octanol–water partition coefficient (Wildman–Crippen LogP) is 3.68. The van der Waals surface area contributed by atoms with E-state index in [0.717, 1.165) is 30.8 Å². The molecule has 0 fully saturated rings. The lowest BCUT2D eigenvalue weighted by Crippen LogP contribution is -1.99. The van der Waals surface area contributed by atoms with Gasteiger partial charge < -0.3 is 9.84 Å². The van der Waals surface area contributed by atoms with Crippen molar-refractivity contribution in [1.29, 1.82) is 0 Å². The molecular weight excluding hydrogens is 250 g/mol. The fourth-order valence-electron chi connectivity index (χ4n) is 1.57. The van der Waals surface area contributed by atoms with E-state index < -0.39 is 0 Å². The Labute approximate surface area is 111 Å². The van der Waals surface area contributed by atoms with E-state index in [1.54, 1.807) is 0 Å². The second-order valence-corrected chi connectivity index (χ2v) is 4.51. The molecule has 1 aromatic carbocycles. The van der Waals surface area contributed by atoms with Gasteiger partial charge in [0.2, 0.25) is 5.89 Å². The van der Waals surface area contributed by atoms with Crippen molar-refractivity contribution in [3.8, 4) is 0 Å². The second-order valence-electron chi connectivity index (χ2n) is 4.07. The molecule has 0 aliphatic heterocycles. The third-order valence-electron chi connectivity index (χ3n) is 2.53. The van der Waals surface area contributed by atoms with E-state index in [0.29, 0.717) is 17.5 Å². The highest BCUT2D eigenvalue weighted by Gasteiger charge is 2.05. The largest absolute Gasteiger partial charge is 0.376 e. The van der Waals surface area contributed by atoms with Crippen LogP contribution in [0.25, 0.3) is 0 Å². The van der Waals surface area contributed by atoms with E-state index in [2.05, 4.69) is 22.4 Å². The number of hydrogen-bond acceptors (Lipinski definition) is 4. The van der Waals surface area contributed by atoms with Crippen LogP contribution >= 0.6 is 11.6 Å². The number of halogens is 1. The average molecular weight is 266 g/mol. The molecular formula is C13H16ClN3O. The van der Waals surface area contributed by atoms with E-state index in [1.807, 2.05) is 24.3 Å². The number of rotatable bonds is 6. The summed E-state index contributed by atoms with van der Waals surface area (Å²) in [5, 5.41) is 7.82. The van der Waals surface area contributed by atoms with Crippen LogP contribution in [0, 0.1) is 0 Å². The minimum Gasteiger partial charge on any atom is -0.376 e. The normalized spacial score (nSPS) is 10.6. The van der Waals surface area contributed by atoms with Crippen molar-refractivity contribution in [2.75, 3.05) is 5.32 Å². The van der Waals surface area contributed by atoms with Crippen molar-refractivity contribution in [3.05, 3.63) is 41.0 Å². The summed E-state index contributed by atoms with van der Waals surface area (Å²) in [6.45, 7) is 2.65. The molecule has 0 atom stereocenters. The Hall–Kier alpha value is -1.55. The van der Waals surface area contributed by atoms with Crippen molar-refractivity contribution in [2.45, 2.75) is 32.7 Å². The highest BCUT2D eigenvalue weighted by molar-refractivity contribution is 6.30. The van der Waals surface area contributed by atoms with Crippen LogP contribution in [-0.2, 0) is 13.0 Å². The van der Waals surface area contributed by atoms with Crippen molar-refractivity contribution in [2.24, 2.45) is 0 Å². The fraction of sp³-hybridized carbons (Fsp3) is 0.385. The Morgan fingerprint density at radius 1 is 1.39 bits per heavy atom. The first-order chi connectivity index (χ1) is 8.78. The Bertz CT molecular complexity index is 498. The molecule has 96 valence electrons. The first-order valence-electron chi connectivity index (χ1n) is 6.09. The van der Waals surface area contributed by atoms with Gasteiger partial charge in [-0.1, -0.05) is 36.2 Å². The van der Waals surface area contributed by atoms with Gasteiger partial charge in [0.1, 0.15) is 0 Å². The Balaban J connectivity index is 1.88. The highest BCUT2D eigenvalue weighted by atomic mass is 35.5. The van der Waals surface area contributed by atoms with Gasteiger partial charge in [0.15, 0.2) is 5.82 Å². The summed E-state index contributed by atoms with van der Waals surface area (Å²) < 4.78 is 5.16. The van der Waals surface area contributed by atoms with Crippen molar-refractivity contribution in [3.63, 3.8) is 0 Å². The van der Waals surface area contributed by atoms with Gasteiger partial charge in [0, 0.05) is 17.1 Å². The zero-order valence-electron chi connectivity index (χ0n) is 10.3. The zero-order valence-corrected chi connectivity index (χ0v) is 11.1. The summed E-state index contributed by atoms with van der Waals surface area (Å²) in [6, 6.07) is 7.53. The molecule has 5 heteroatoms. The van der Waals surface area contributed by atoms with Gasteiger partial charge in [-0.25, -0.2) is 0 Å². The zero-order chi connectivity index (χ0) is 12.8. The van der Waals surface area contributed by atoms with Crippen LogP contribution in [-0.4, -0.2) is 10.1 Å². The Kier molecular flexibility index (Phi) is 4.59. The molecule has 2 rings (SSSR count). The molecule has 0 aliphatic carbocycles.